The van der Waals surface area contributed by atoms with Gasteiger partial charge < -0.3 is 19.9 Å². The SMILES string of the molecule is COCCC(NC(=O)c1ccccc1OCc1ccc(Cl)cc1)C(=O)O. The molecule has 0 heterocycles. The van der Waals surface area contributed by atoms with E-state index in [2.05, 4.69) is 5.32 Å². The summed E-state index contributed by atoms with van der Waals surface area (Å²) in [5.41, 5.74) is 1.17. The van der Waals surface area contributed by atoms with Crippen LogP contribution >= 0.6 is 11.6 Å². The highest BCUT2D eigenvalue weighted by molar-refractivity contribution is 6.30. The van der Waals surface area contributed by atoms with E-state index in [1.54, 1.807) is 36.4 Å². The molecule has 0 saturated heterocycles. The van der Waals surface area contributed by atoms with Crippen molar-refractivity contribution in [3.8, 4) is 5.75 Å². The second-order valence-electron chi connectivity index (χ2n) is 5.56. The van der Waals surface area contributed by atoms with Crippen molar-refractivity contribution < 1.29 is 24.2 Å². The van der Waals surface area contributed by atoms with Crippen molar-refractivity contribution in [1.82, 2.24) is 5.32 Å². The zero-order valence-electron chi connectivity index (χ0n) is 14.3. The molecule has 2 rings (SSSR count). The van der Waals surface area contributed by atoms with E-state index < -0.39 is 17.9 Å². The molecular formula is C19H20ClNO5. The minimum Gasteiger partial charge on any atom is -0.488 e. The Morgan fingerprint density at radius 1 is 1.15 bits per heavy atom. The molecule has 6 nitrogen and oxygen atoms in total. The Labute approximate surface area is 156 Å². The highest BCUT2D eigenvalue weighted by atomic mass is 35.5. The lowest BCUT2D eigenvalue weighted by molar-refractivity contribution is -0.139. The normalized spacial score (nSPS) is 11.6. The molecule has 0 aromatic heterocycles. The maximum Gasteiger partial charge on any atom is 0.326 e. The number of aliphatic carboxylic acids is 1. The van der Waals surface area contributed by atoms with Crippen LogP contribution in [0.25, 0.3) is 0 Å². The highest BCUT2D eigenvalue weighted by Gasteiger charge is 2.22. The number of amides is 1. The molecule has 0 saturated carbocycles. The number of hydrogen-bond donors (Lipinski definition) is 2. The second-order valence-corrected chi connectivity index (χ2v) is 5.99. The number of para-hydroxylation sites is 1. The largest absolute Gasteiger partial charge is 0.488 e. The van der Waals surface area contributed by atoms with Crippen LogP contribution < -0.4 is 10.1 Å². The first kappa shape index (κ1) is 19.8. The molecule has 7 heteroatoms. The van der Waals surface area contributed by atoms with E-state index in [1.165, 1.54) is 7.11 Å². The third-order valence-electron chi connectivity index (χ3n) is 3.65. The van der Waals surface area contributed by atoms with Crippen LogP contribution in [0.1, 0.15) is 22.3 Å². The summed E-state index contributed by atoms with van der Waals surface area (Å²) in [6.07, 6.45) is 0.172. The summed E-state index contributed by atoms with van der Waals surface area (Å²) in [5, 5.41) is 12.4. The summed E-state index contributed by atoms with van der Waals surface area (Å²) in [6, 6.07) is 12.8. The number of benzene rings is 2. The summed E-state index contributed by atoms with van der Waals surface area (Å²) in [7, 11) is 1.47. The number of ether oxygens (including phenoxy) is 2. The molecule has 0 aliphatic rings. The molecule has 2 N–H and O–H groups in total. The first-order valence-electron chi connectivity index (χ1n) is 8.00. The number of rotatable bonds is 9. The van der Waals surface area contributed by atoms with Crippen LogP contribution in [-0.2, 0) is 16.1 Å². The first-order valence-corrected chi connectivity index (χ1v) is 8.38. The van der Waals surface area contributed by atoms with Gasteiger partial charge in [-0.2, -0.15) is 0 Å². The maximum absolute atomic E-state index is 12.5. The van der Waals surface area contributed by atoms with Crippen molar-refractivity contribution in [3.05, 3.63) is 64.7 Å². The third kappa shape index (κ3) is 5.75. The lowest BCUT2D eigenvalue weighted by atomic mass is 10.1. The van der Waals surface area contributed by atoms with Crippen molar-refractivity contribution >= 4 is 23.5 Å². The van der Waals surface area contributed by atoms with Crippen molar-refractivity contribution in [2.45, 2.75) is 19.1 Å². The summed E-state index contributed by atoms with van der Waals surface area (Å²) in [6.45, 7) is 0.486. The Balaban J connectivity index is 2.07. The molecule has 0 aliphatic heterocycles. The van der Waals surface area contributed by atoms with Gasteiger partial charge in [-0.3, -0.25) is 4.79 Å². The number of hydrogen-bond acceptors (Lipinski definition) is 4. The summed E-state index contributed by atoms with van der Waals surface area (Å²) < 4.78 is 10.6. The van der Waals surface area contributed by atoms with Crippen LogP contribution in [0.4, 0.5) is 0 Å². The van der Waals surface area contributed by atoms with Gasteiger partial charge in [-0.15, -0.1) is 0 Å². The average Bonchev–Trinajstić information content (AvgIpc) is 2.64. The van der Waals surface area contributed by atoms with Crippen molar-refractivity contribution in [3.63, 3.8) is 0 Å². The number of halogens is 1. The topological polar surface area (TPSA) is 84.9 Å². The summed E-state index contributed by atoms with van der Waals surface area (Å²) in [4.78, 5) is 23.8. The fourth-order valence-electron chi connectivity index (χ4n) is 2.25. The van der Waals surface area contributed by atoms with E-state index >= 15 is 0 Å². The highest BCUT2D eigenvalue weighted by Crippen LogP contribution is 2.20. The van der Waals surface area contributed by atoms with Crippen molar-refractivity contribution in [2.24, 2.45) is 0 Å². The monoisotopic (exact) mass is 377 g/mol. The number of carbonyl (C=O) groups excluding carboxylic acids is 1. The molecule has 0 fully saturated rings. The second kappa shape index (κ2) is 9.79. The van der Waals surface area contributed by atoms with Gasteiger partial charge in [-0.05, 0) is 29.8 Å². The molecule has 2 aromatic rings. The Kier molecular flexibility index (Phi) is 7.44. The van der Waals surface area contributed by atoms with Crippen molar-refractivity contribution in [2.75, 3.05) is 13.7 Å². The van der Waals surface area contributed by atoms with Crippen LogP contribution in [0.2, 0.25) is 5.02 Å². The molecule has 1 amide bonds. The fraction of sp³-hybridized carbons (Fsp3) is 0.263. The minimum atomic E-state index is -1.12. The molecule has 0 aliphatic carbocycles. The first-order chi connectivity index (χ1) is 12.5. The Morgan fingerprint density at radius 3 is 2.50 bits per heavy atom. The van der Waals surface area contributed by atoms with Gasteiger partial charge in [0, 0.05) is 25.2 Å². The molecular weight excluding hydrogens is 358 g/mol. The van der Waals surface area contributed by atoms with Gasteiger partial charge in [0.15, 0.2) is 0 Å². The summed E-state index contributed by atoms with van der Waals surface area (Å²) >= 11 is 5.86. The number of carboxylic acid groups (broad SMARTS) is 1. The Morgan fingerprint density at radius 2 is 1.85 bits per heavy atom. The zero-order chi connectivity index (χ0) is 18.9. The van der Waals surface area contributed by atoms with Crippen LogP contribution in [-0.4, -0.2) is 36.7 Å². The standard InChI is InChI=1S/C19H20ClNO5/c1-25-11-10-16(19(23)24)21-18(22)15-4-2-3-5-17(15)26-12-13-6-8-14(20)9-7-13/h2-9,16H,10-12H2,1H3,(H,21,22)(H,23,24). The van der Waals surface area contributed by atoms with E-state index in [4.69, 9.17) is 21.1 Å². The fourth-order valence-corrected chi connectivity index (χ4v) is 2.38. The van der Waals surface area contributed by atoms with Gasteiger partial charge in [0.05, 0.1) is 5.56 Å². The Hall–Kier alpha value is -2.57. The number of carboxylic acids is 1. The number of nitrogens with one attached hydrogen (secondary N) is 1. The lowest BCUT2D eigenvalue weighted by Gasteiger charge is -2.16. The molecule has 138 valence electrons. The van der Waals surface area contributed by atoms with E-state index in [0.29, 0.717) is 10.8 Å². The average molecular weight is 378 g/mol. The molecule has 1 atom stereocenters. The van der Waals surface area contributed by atoms with Gasteiger partial charge in [-0.25, -0.2) is 4.79 Å². The molecule has 1 unspecified atom stereocenters. The van der Waals surface area contributed by atoms with E-state index in [1.807, 2.05) is 12.1 Å². The van der Waals surface area contributed by atoms with E-state index in [9.17, 15) is 14.7 Å². The van der Waals surface area contributed by atoms with Crippen LogP contribution in [0.5, 0.6) is 5.75 Å². The third-order valence-corrected chi connectivity index (χ3v) is 3.91. The van der Waals surface area contributed by atoms with Gasteiger partial charge >= 0.3 is 5.97 Å². The number of carbonyl (C=O) groups is 2. The predicted octanol–water partition coefficient (Wildman–Crippen LogP) is 3.14. The smallest absolute Gasteiger partial charge is 0.326 e. The molecule has 0 spiro atoms. The molecule has 0 bridgehead atoms. The van der Waals surface area contributed by atoms with E-state index in [-0.39, 0.29) is 25.2 Å². The number of methoxy groups -OCH3 is 1. The minimum absolute atomic E-state index is 0.172. The maximum atomic E-state index is 12.5. The molecule has 2 aromatic carbocycles. The predicted molar refractivity (Wildman–Crippen MR) is 97.6 cm³/mol. The van der Waals surface area contributed by atoms with Gasteiger partial charge in [0.1, 0.15) is 18.4 Å². The van der Waals surface area contributed by atoms with Crippen molar-refractivity contribution in [1.29, 1.82) is 0 Å². The Bertz CT molecular complexity index is 748. The lowest BCUT2D eigenvalue weighted by Crippen LogP contribution is -2.41. The zero-order valence-corrected chi connectivity index (χ0v) is 15.0. The van der Waals surface area contributed by atoms with Gasteiger partial charge in [0.25, 0.3) is 5.91 Å². The van der Waals surface area contributed by atoms with E-state index in [0.717, 1.165) is 5.56 Å². The van der Waals surface area contributed by atoms with Crippen LogP contribution in [0.15, 0.2) is 48.5 Å². The quantitative estimate of drug-likeness (QED) is 0.701. The molecule has 26 heavy (non-hydrogen) atoms. The van der Waals surface area contributed by atoms with Crippen LogP contribution in [0.3, 0.4) is 0 Å². The summed E-state index contributed by atoms with van der Waals surface area (Å²) in [5.74, 6) is -1.26. The molecule has 0 radical (unpaired) electrons. The van der Waals surface area contributed by atoms with Gasteiger partial charge in [-0.1, -0.05) is 35.9 Å². The van der Waals surface area contributed by atoms with Crippen LogP contribution in [0, 0.1) is 0 Å². The van der Waals surface area contributed by atoms with Gasteiger partial charge in [0.2, 0.25) is 0 Å².